The molecule has 0 amide bonds. The van der Waals surface area contributed by atoms with Crippen LogP contribution in [0.1, 0.15) is 20.7 Å². The highest BCUT2D eigenvalue weighted by molar-refractivity contribution is 6.34. The molecule has 4 N–H and O–H groups in total. The van der Waals surface area contributed by atoms with E-state index >= 15 is 0 Å². The van der Waals surface area contributed by atoms with E-state index < -0.39 is 11.9 Å². The van der Waals surface area contributed by atoms with Gasteiger partial charge in [-0.15, -0.1) is 0 Å². The first-order chi connectivity index (χ1) is 9.43. The monoisotopic (exact) mass is 291 g/mol. The highest BCUT2D eigenvalue weighted by atomic mass is 35.5. The van der Waals surface area contributed by atoms with E-state index in [-0.39, 0.29) is 33.0 Å². The smallest absolute Gasteiger partial charge is 0.337 e. The van der Waals surface area contributed by atoms with E-state index in [2.05, 4.69) is 0 Å². The molecule has 0 aliphatic heterocycles. The van der Waals surface area contributed by atoms with Gasteiger partial charge < -0.3 is 15.9 Å². The number of anilines is 1. The van der Waals surface area contributed by atoms with Crippen LogP contribution in [0.15, 0.2) is 36.4 Å². The zero-order valence-electron chi connectivity index (χ0n) is 10.1. The number of rotatable bonds is 3. The summed E-state index contributed by atoms with van der Waals surface area (Å²) >= 11 is 6.05. The summed E-state index contributed by atoms with van der Waals surface area (Å²) in [5.74, 6) is -2.34. The van der Waals surface area contributed by atoms with Crippen molar-refractivity contribution in [3.05, 3.63) is 52.5 Å². The van der Waals surface area contributed by atoms with Gasteiger partial charge in [-0.3, -0.25) is 0 Å². The summed E-state index contributed by atoms with van der Waals surface area (Å²) < 4.78 is 0. The van der Waals surface area contributed by atoms with Gasteiger partial charge in [0.2, 0.25) is 0 Å². The van der Waals surface area contributed by atoms with Crippen molar-refractivity contribution in [2.24, 2.45) is 0 Å². The molecule has 0 aliphatic rings. The van der Waals surface area contributed by atoms with Crippen LogP contribution in [0.5, 0.6) is 0 Å². The first-order valence-electron chi connectivity index (χ1n) is 5.57. The topological polar surface area (TPSA) is 101 Å². The van der Waals surface area contributed by atoms with E-state index in [1.807, 2.05) is 0 Å². The Hall–Kier alpha value is -2.53. The molecule has 0 aliphatic carbocycles. The van der Waals surface area contributed by atoms with Gasteiger partial charge in [0.15, 0.2) is 0 Å². The summed E-state index contributed by atoms with van der Waals surface area (Å²) in [5, 5.41) is 18.4. The Morgan fingerprint density at radius 2 is 1.55 bits per heavy atom. The molecule has 0 fully saturated rings. The van der Waals surface area contributed by atoms with Gasteiger partial charge in [0.1, 0.15) is 0 Å². The first kappa shape index (κ1) is 13.9. The van der Waals surface area contributed by atoms with E-state index in [0.717, 1.165) is 0 Å². The van der Waals surface area contributed by atoms with Crippen LogP contribution < -0.4 is 5.73 Å². The molecule has 0 atom stereocenters. The number of benzene rings is 2. The van der Waals surface area contributed by atoms with Crippen LogP contribution in [-0.2, 0) is 0 Å². The van der Waals surface area contributed by atoms with Crippen molar-refractivity contribution >= 4 is 29.2 Å². The molecular formula is C14H10ClNO4. The van der Waals surface area contributed by atoms with E-state index in [9.17, 15) is 14.7 Å². The number of nitrogen functional groups attached to an aromatic ring is 1. The number of carboxylic acids is 2. The SMILES string of the molecule is Nc1c(C(=O)O)ccc(Cl)c1-c1ccccc1C(=O)O. The Bertz CT molecular complexity index is 712. The Kier molecular flexibility index (Phi) is 3.63. The summed E-state index contributed by atoms with van der Waals surface area (Å²) in [4.78, 5) is 22.3. The number of hydrogen-bond acceptors (Lipinski definition) is 3. The lowest BCUT2D eigenvalue weighted by Crippen LogP contribution is -2.06. The first-order valence-corrected chi connectivity index (χ1v) is 5.95. The maximum absolute atomic E-state index is 11.2. The third-order valence-corrected chi connectivity index (χ3v) is 3.17. The lowest BCUT2D eigenvalue weighted by atomic mass is 9.96. The fourth-order valence-corrected chi connectivity index (χ4v) is 2.21. The zero-order chi connectivity index (χ0) is 14.9. The molecule has 2 aromatic carbocycles. The molecule has 0 spiro atoms. The number of halogens is 1. The van der Waals surface area contributed by atoms with Gasteiger partial charge in [-0.25, -0.2) is 9.59 Å². The molecule has 0 unspecified atom stereocenters. The maximum Gasteiger partial charge on any atom is 0.337 e. The van der Waals surface area contributed by atoms with Crippen molar-refractivity contribution in [1.29, 1.82) is 0 Å². The predicted octanol–water partition coefficient (Wildman–Crippen LogP) is 2.99. The summed E-state index contributed by atoms with van der Waals surface area (Å²) in [6, 6.07) is 8.80. The van der Waals surface area contributed by atoms with Gasteiger partial charge in [-0.05, 0) is 23.8 Å². The Morgan fingerprint density at radius 1 is 0.950 bits per heavy atom. The van der Waals surface area contributed by atoms with Crippen LogP contribution in [0, 0.1) is 0 Å². The highest BCUT2D eigenvalue weighted by Crippen LogP contribution is 2.37. The van der Waals surface area contributed by atoms with Crippen molar-refractivity contribution < 1.29 is 19.8 Å². The molecule has 6 heteroatoms. The maximum atomic E-state index is 11.2. The van der Waals surface area contributed by atoms with E-state index in [4.69, 9.17) is 22.4 Å². The van der Waals surface area contributed by atoms with Gasteiger partial charge >= 0.3 is 11.9 Å². The molecule has 20 heavy (non-hydrogen) atoms. The summed E-state index contributed by atoms with van der Waals surface area (Å²) in [7, 11) is 0. The number of aromatic carboxylic acids is 2. The molecule has 102 valence electrons. The third kappa shape index (κ3) is 2.31. The fourth-order valence-electron chi connectivity index (χ4n) is 1.94. The second-order valence-electron chi connectivity index (χ2n) is 4.04. The van der Waals surface area contributed by atoms with E-state index in [0.29, 0.717) is 0 Å². The van der Waals surface area contributed by atoms with Crippen LogP contribution in [0.3, 0.4) is 0 Å². The minimum Gasteiger partial charge on any atom is -0.478 e. The Balaban J connectivity index is 2.80. The quantitative estimate of drug-likeness (QED) is 0.755. The minimum atomic E-state index is -1.20. The molecule has 0 saturated heterocycles. The van der Waals surface area contributed by atoms with Gasteiger partial charge in [0.25, 0.3) is 0 Å². The third-order valence-electron chi connectivity index (χ3n) is 2.85. The number of hydrogen-bond donors (Lipinski definition) is 3. The van der Waals surface area contributed by atoms with Crippen LogP contribution in [0.25, 0.3) is 11.1 Å². The van der Waals surface area contributed by atoms with Crippen LogP contribution in [-0.4, -0.2) is 22.2 Å². The number of nitrogens with two attached hydrogens (primary N) is 1. The van der Waals surface area contributed by atoms with Gasteiger partial charge in [0.05, 0.1) is 21.8 Å². The second kappa shape index (κ2) is 5.22. The molecule has 0 saturated carbocycles. The minimum absolute atomic E-state index is 0.00337. The average Bonchev–Trinajstić information content (AvgIpc) is 2.38. The zero-order valence-corrected chi connectivity index (χ0v) is 10.9. The predicted molar refractivity (Wildman–Crippen MR) is 75.2 cm³/mol. The van der Waals surface area contributed by atoms with Gasteiger partial charge in [-0.2, -0.15) is 0 Å². The van der Waals surface area contributed by atoms with Crippen molar-refractivity contribution in [1.82, 2.24) is 0 Å². The van der Waals surface area contributed by atoms with E-state index in [1.165, 1.54) is 24.3 Å². The molecule has 2 rings (SSSR count). The Morgan fingerprint density at radius 3 is 2.15 bits per heavy atom. The number of carboxylic acid groups (broad SMARTS) is 2. The number of carbonyl (C=O) groups is 2. The van der Waals surface area contributed by atoms with Gasteiger partial charge in [-0.1, -0.05) is 29.8 Å². The molecule has 0 bridgehead atoms. The van der Waals surface area contributed by atoms with Crippen molar-refractivity contribution in [2.75, 3.05) is 5.73 Å². The van der Waals surface area contributed by atoms with Gasteiger partial charge in [0, 0.05) is 5.56 Å². The largest absolute Gasteiger partial charge is 0.478 e. The fraction of sp³-hybridized carbons (Fsp3) is 0. The van der Waals surface area contributed by atoms with Crippen molar-refractivity contribution in [2.45, 2.75) is 0 Å². The Labute approximate surface area is 119 Å². The second-order valence-corrected chi connectivity index (χ2v) is 4.45. The normalized spacial score (nSPS) is 10.2. The molecule has 0 heterocycles. The van der Waals surface area contributed by atoms with Crippen molar-refractivity contribution in [3.8, 4) is 11.1 Å². The molecule has 0 radical (unpaired) electrons. The molecule has 5 nitrogen and oxygen atoms in total. The highest BCUT2D eigenvalue weighted by Gasteiger charge is 2.20. The van der Waals surface area contributed by atoms with E-state index in [1.54, 1.807) is 12.1 Å². The summed E-state index contributed by atoms with van der Waals surface area (Å²) in [6.07, 6.45) is 0. The lowest BCUT2D eigenvalue weighted by molar-refractivity contribution is 0.0687. The average molecular weight is 292 g/mol. The van der Waals surface area contributed by atoms with Crippen LogP contribution in [0.4, 0.5) is 5.69 Å². The summed E-state index contributed by atoms with van der Waals surface area (Å²) in [6.45, 7) is 0. The van der Waals surface area contributed by atoms with Crippen LogP contribution in [0.2, 0.25) is 5.02 Å². The molecule has 0 aromatic heterocycles. The van der Waals surface area contributed by atoms with Crippen LogP contribution >= 0.6 is 11.6 Å². The molecular weight excluding hydrogens is 282 g/mol. The molecule has 2 aromatic rings. The summed E-state index contributed by atoms with van der Waals surface area (Å²) in [5.41, 5.74) is 6.15. The standard InChI is InChI=1S/C14H10ClNO4/c15-10-6-5-9(14(19)20)12(16)11(10)7-3-1-2-4-8(7)13(17)18/h1-6H,16H2,(H,17,18)(H,19,20). The van der Waals surface area contributed by atoms with Crippen molar-refractivity contribution in [3.63, 3.8) is 0 Å². The lowest BCUT2D eigenvalue weighted by Gasteiger charge is -2.13.